The van der Waals surface area contributed by atoms with Gasteiger partial charge in [-0.2, -0.15) is 0 Å². The van der Waals surface area contributed by atoms with Crippen LogP contribution in [0.25, 0.3) is 48.7 Å². The number of allylic oxidation sites excluding steroid dienone is 2. The Hall–Kier alpha value is -5.15. The van der Waals surface area contributed by atoms with E-state index in [9.17, 15) is 44.4 Å². The number of hydrogen-bond acceptors (Lipinski definition) is 13. The first kappa shape index (κ1) is 33.7. The second-order valence-electron chi connectivity index (χ2n) is 11.3. The van der Waals surface area contributed by atoms with Gasteiger partial charge in [0.05, 0.1) is 60.5 Å². The number of methoxy groups -OCH3 is 4. The summed E-state index contributed by atoms with van der Waals surface area (Å²) in [5.41, 5.74) is -0.429. The van der Waals surface area contributed by atoms with Crippen LogP contribution in [0, 0.1) is 0 Å². The molecule has 0 heterocycles. The Morgan fingerprint density at radius 3 is 1.47 bits per heavy atom. The van der Waals surface area contributed by atoms with E-state index in [1.807, 2.05) is 0 Å². The number of fused-ring (bicyclic) bond motifs is 1. The van der Waals surface area contributed by atoms with Crippen LogP contribution in [0.1, 0.15) is 25.0 Å². The maximum atomic E-state index is 14.4. The Bertz CT molecular complexity index is 2470. The van der Waals surface area contributed by atoms with Crippen molar-refractivity contribution in [1.29, 1.82) is 0 Å². The van der Waals surface area contributed by atoms with Crippen LogP contribution in [0.3, 0.4) is 0 Å². The molecule has 15 heteroatoms. The molecule has 13 nitrogen and oxygen atoms in total. The molecule has 0 unspecified atom stereocenters. The van der Waals surface area contributed by atoms with Gasteiger partial charge in [0.2, 0.25) is 10.9 Å². The molecule has 254 valence electrons. The SMILES string of the molecule is COc1c(O)c2c(=O)c(SCC(=O)O)c(OC)c3c4c(OC)c(SCC(=O)O)c(=O)c5c(O)c(OC)c6c(c(c1CC(C)=C6C(C)=O)c23)c54. The van der Waals surface area contributed by atoms with E-state index in [0.717, 1.165) is 0 Å². The van der Waals surface area contributed by atoms with Gasteiger partial charge in [-0.15, -0.1) is 23.5 Å². The fraction of sp³-hybridized carbons (Fsp3) is 0.265. The lowest BCUT2D eigenvalue weighted by atomic mass is 9.82. The highest BCUT2D eigenvalue weighted by atomic mass is 32.2. The molecule has 6 rings (SSSR count). The van der Waals surface area contributed by atoms with Gasteiger partial charge in [-0.1, -0.05) is 5.57 Å². The first-order valence-electron chi connectivity index (χ1n) is 14.5. The molecule has 0 spiro atoms. The lowest BCUT2D eigenvalue weighted by Crippen LogP contribution is -2.14. The Morgan fingerprint density at radius 1 is 0.633 bits per heavy atom. The highest BCUT2D eigenvalue weighted by Gasteiger charge is 2.38. The Kier molecular flexibility index (Phi) is 8.31. The van der Waals surface area contributed by atoms with E-state index in [1.165, 1.54) is 35.4 Å². The molecule has 4 N–H and O–H groups in total. The summed E-state index contributed by atoms with van der Waals surface area (Å²) in [6.45, 7) is 3.02. The van der Waals surface area contributed by atoms with Gasteiger partial charge < -0.3 is 39.4 Å². The number of aliphatic carboxylic acids is 2. The molecule has 0 saturated carbocycles. The fourth-order valence-corrected chi connectivity index (χ4v) is 8.73. The van der Waals surface area contributed by atoms with E-state index < -0.39 is 51.6 Å². The molecular formula is C34H28O13S2. The topological polar surface area (TPSA) is 203 Å². The van der Waals surface area contributed by atoms with Gasteiger partial charge in [0.15, 0.2) is 28.8 Å². The summed E-state index contributed by atoms with van der Waals surface area (Å²) in [6.07, 6.45) is 0.0196. The molecule has 0 aliphatic heterocycles. The fourth-order valence-electron chi connectivity index (χ4n) is 7.10. The van der Waals surface area contributed by atoms with E-state index in [2.05, 4.69) is 0 Å². The highest BCUT2D eigenvalue weighted by molar-refractivity contribution is 8.00. The van der Waals surface area contributed by atoms with Crippen LogP contribution >= 0.6 is 23.5 Å². The number of carbonyl (C=O) groups is 3. The summed E-state index contributed by atoms with van der Waals surface area (Å²) in [7, 11) is 5.08. The van der Waals surface area contributed by atoms with Crippen molar-refractivity contribution in [2.75, 3.05) is 39.9 Å². The van der Waals surface area contributed by atoms with Crippen LogP contribution in [0.2, 0.25) is 0 Å². The Labute approximate surface area is 284 Å². The number of hydrogen-bond donors (Lipinski definition) is 4. The lowest BCUT2D eigenvalue weighted by Gasteiger charge is -2.25. The third-order valence-corrected chi connectivity index (χ3v) is 10.8. The number of ketones is 1. The minimum absolute atomic E-state index is 0.0196. The number of Topliss-reactive ketones (excluding diaryl/α,β-unsaturated/α-hetero) is 1. The summed E-state index contributed by atoms with van der Waals surface area (Å²) < 4.78 is 23.1. The van der Waals surface area contributed by atoms with Crippen molar-refractivity contribution >= 4 is 89.9 Å². The highest BCUT2D eigenvalue weighted by Crippen LogP contribution is 2.59. The quantitative estimate of drug-likeness (QED) is 0.0840. The van der Waals surface area contributed by atoms with Crippen molar-refractivity contribution in [1.82, 2.24) is 0 Å². The molecule has 49 heavy (non-hydrogen) atoms. The van der Waals surface area contributed by atoms with Crippen LogP contribution in [0.5, 0.6) is 34.5 Å². The van der Waals surface area contributed by atoms with Gasteiger partial charge >= 0.3 is 11.9 Å². The molecule has 1 aliphatic rings. The van der Waals surface area contributed by atoms with E-state index in [-0.39, 0.29) is 88.0 Å². The molecule has 0 saturated heterocycles. The third kappa shape index (κ3) is 4.59. The number of ether oxygens (including phenoxy) is 4. The van der Waals surface area contributed by atoms with Gasteiger partial charge in [0.1, 0.15) is 11.5 Å². The number of carboxylic acid groups (broad SMARTS) is 2. The molecule has 5 aromatic carbocycles. The molecule has 1 aliphatic carbocycles. The minimum atomic E-state index is -1.24. The second-order valence-corrected chi connectivity index (χ2v) is 13.2. The maximum absolute atomic E-state index is 14.4. The summed E-state index contributed by atoms with van der Waals surface area (Å²) in [5.74, 6) is -5.73. The van der Waals surface area contributed by atoms with Crippen LogP contribution in [0.15, 0.2) is 25.0 Å². The summed E-state index contributed by atoms with van der Waals surface area (Å²) in [5, 5.41) is 43.2. The maximum Gasteiger partial charge on any atom is 0.313 e. The van der Waals surface area contributed by atoms with Crippen LogP contribution in [0.4, 0.5) is 0 Å². The first-order valence-corrected chi connectivity index (χ1v) is 16.5. The average Bonchev–Trinajstić information content (AvgIpc) is 3.17. The van der Waals surface area contributed by atoms with E-state index in [0.29, 0.717) is 40.0 Å². The van der Waals surface area contributed by atoms with Crippen LogP contribution < -0.4 is 29.8 Å². The number of carbonyl (C=O) groups excluding carboxylic acids is 1. The predicted molar refractivity (Wildman–Crippen MR) is 185 cm³/mol. The van der Waals surface area contributed by atoms with Crippen molar-refractivity contribution in [3.63, 3.8) is 0 Å². The zero-order valence-corrected chi connectivity index (χ0v) is 28.5. The number of aromatic hydroxyl groups is 2. The molecule has 5 aromatic rings. The van der Waals surface area contributed by atoms with Crippen molar-refractivity contribution in [2.24, 2.45) is 0 Å². The van der Waals surface area contributed by atoms with Gasteiger partial charge in [0.25, 0.3) is 0 Å². The molecule has 0 radical (unpaired) electrons. The monoisotopic (exact) mass is 708 g/mol. The van der Waals surface area contributed by atoms with Crippen molar-refractivity contribution in [3.05, 3.63) is 37.1 Å². The number of rotatable bonds is 11. The summed E-state index contributed by atoms with van der Waals surface area (Å²) in [6, 6.07) is 0. The van der Waals surface area contributed by atoms with Gasteiger partial charge in [-0.05, 0) is 25.7 Å². The van der Waals surface area contributed by atoms with Crippen LogP contribution in [-0.2, 0) is 20.8 Å². The molecule has 0 fully saturated rings. The van der Waals surface area contributed by atoms with Gasteiger partial charge in [-0.25, -0.2) is 0 Å². The number of phenolic OH excluding ortho intramolecular Hbond substituents is 2. The van der Waals surface area contributed by atoms with Crippen molar-refractivity contribution < 1.29 is 53.8 Å². The van der Waals surface area contributed by atoms with E-state index in [4.69, 9.17) is 18.9 Å². The number of phenols is 2. The molecule has 0 bridgehead atoms. The lowest BCUT2D eigenvalue weighted by molar-refractivity contribution is -0.134. The standard InChI is InChI=1S/C34H28O13S2/c1-10-7-12-16-17-19-22(21-18(16)23(25(40)29(12)44-3)27(42)33(31(21)46-5)48-8-13(36)37)32(47-6)34(49-9-14(38)39)28(43)24(19)26(41)30(45-4)20(17)15(10)11(2)35/h40-41H,7-9H2,1-6H3,(H,36,37)(H,38,39). The van der Waals surface area contributed by atoms with E-state index in [1.54, 1.807) is 6.92 Å². The zero-order valence-electron chi connectivity index (χ0n) is 26.9. The molecule has 0 atom stereocenters. The largest absolute Gasteiger partial charge is 0.504 e. The summed E-state index contributed by atoms with van der Waals surface area (Å²) in [4.78, 5) is 65.3. The molecule has 0 aromatic heterocycles. The van der Waals surface area contributed by atoms with Crippen molar-refractivity contribution in [3.8, 4) is 34.5 Å². The average molecular weight is 709 g/mol. The number of benzene rings is 5. The second kappa shape index (κ2) is 12.1. The molecule has 0 amide bonds. The zero-order chi connectivity index (χ0) is 35.8. The van der Waals surface area contributed by atoms with E-state index >= 15 is 0 Å². The normalized spacial score (nSPS) is 12.8. The Morgan fingerprint density at radius 2 is 1.06 bits per heavy atom. The molecular weight excluding hydrogens is 680 g/mol. The summed E-state index contributed by atoms with van der Waals surface area (Å²) >= 11 is 1.29. The van der Waals surface area contributed by atoms with Gasteiger partial charge in [-0.3, -0.25) is 24.0 Å². The number of thioether (sulfide) groups is 2. The minimum Gasteiger partial charge on any atom is -0.504 e. The first-order chi connectivity index (χ1) is 23.3. The van der Waals surface area contributed by atoms with Gasteiger partial charge in [0, 0.05) is 43.6 Å². The third-order valence-electron chi connectivity index (χ3n) is 8.66. The van der Waals surface area contributed by atoms with Crippen LogP contribution in [-0.4, -0.2) is 78.1 Å². The van der Waals surface area contributed by atoms with Crippen molar-refractivity contribution in [2.45, 2.75) is 30.1 Å². The predicted octanol–water partition coefficient (Wildman–Crippen LogP) is 4.61. The Balaban J connectivity index is 2.14. The smallest absolute Gasteiger partial charge is 0.313 e. The number of carboxylic acids is 2.